The maximum Gasteiger partial charge on any atom is 1.00 e. The SMILES string of the molecule is Cc1ccc(C)c(-c2ccc(S(=O)(=O)[O-])cc2)c1.[Cs+]. The molecule has 0 spiro atoms. The zero-order chi connectivity index (χ0) is 13.3. The molecule has 0 fully saturated rings. The molecule has 0 aromatic heterocycles. The van der Waals surface area contributed by atoms with Gasteiger partial charge in [-0.15, -0.1) is 0 Å². The molecule has 0 bridgehead atoms. The first kappa shape index (κ1) is 17.5. The smallest absolute Gasteiger partial charge is 0.744 e. The Kier molecular flexibility index (Phi) is 6.35. The number of aryl methyl sites for hydroxylation is 2. The van der Waals surface area contributed by atoms with E-state index in [4.69, 9.17) is 0 Å². The molecule has 0 heterocycles. The fourth-order valence-electron chi connectivity index (χ4n) is 1.85. The summed E-state index contributed by atoms with van der Waals surface area (Å²) >= 11 is 0. The molecule has 0 atom stereocenters. The van der Waals surface area contributed by atoms with E-state index in [1.54, 1.807) is 12.1 Å². The zero-order valence-electron chi connectivity index (χ0n) is 11.2. The van der Waals surface area contributed by atoms with Crippen LogP contribution in [0.15, 0.2) is 47.4 Å². The molecular weight excluding hydrogens is 381 g/mol. The van der Waals surface area contributed by atoms with Crippen LogP contribution in [0.5, 0.6) is 0 Å². The third-order valence-electron chi connectivity index (χ3n) is 2.85. The van der Waals surface area contributed by atoms with Gasteiger partial charge in [0.2, 0.25) is 0 Å². The number of rotatable bonds is 2. The summed E-state index contributed by atoms with van der Waals surface area (Å²) in [6.45, 7) is 3.99. The van der Waals surface area contributed by atoms with Gasteiger partial charge in [0.1, 0.15) is 10.1 Å². The quantitative estimate of drug-likeness (QED) is 0.668. The second-order valence-electron chi connectivity index (χ2n) is 4.30. The predicted molar refractivity (Wildman–Crippen MR) is 69.3 cm³/mol. The van der Waals surface area contributed by atoms with Crippen LogP contribution in [0.2, 0.25) is 0 Å². The van der Waals surface area contributed by atoms with Crippen molar-refractivity contribution in [2.75, 3.05) is 0 Å². The van der Waals surface area contributed by atoms with E-state index in [1.807, 2.05) is 32.0 Å². The molecule has 2 aromatic carbocycles. The van der Waals surface area contributed by atoms with Crippen LogP contribution < -0.4 is 68.9 Å². The van der Waals surface area contributed by atoms with Crippen molar-refractivity contribution in [2.45, 2.75) is 18.7 Å². The fraction of sp³-hybridized carbons (Fsp3) is 0.143. The maximum atomic E-state index is 10.8. The summed E-state index contributed by atoms with van der Waals surface area (Å²) in [5, 5.41) is 0. The Morgan fingerprint density at radius 3 is 2.05 bits per heavy atom. The zero-order valence-corrected chi connectivity index (χ0v) is 18.3. The van der Waals surface area contributed by atoms with Gasteiger partial charge in [0.05, 0.1) is 4.90 Å². The van der Waals surface area contributed by atoms with Crippen LogP contribution in [-0.4, -0.2) is 13.0 Å². The van der Waals surface area contributed by atoms with E-state index < -0.39 is 10.1 Å². The van der Waals surface area contributed by atoms with E-state index >= 15 is 0 Å². The molecule has 3 nitrogen and oxygen atoms in total. The Morgan fingerprint density at radius 2 is 1.53 bits per heavy atom. The van der Waals surface area contributed by atoms with Crippen molar-refractivity contribution in [1.82, 2.24) is 0 Å². The summed E-state index contributed by atoms with van der Waals surface area (Å²) in [6, 6.07) is 12.1. The van der Waals surface area contributed by atoms with Crippen molar-refractivity contribution in [3.05, 3.63) is 53.6 Å². The van der Waals surface area contributed by atoms with Crippen molar-refractivity contribution in [2.24, 2.45) is 0 Å². The first-order valence-corrected chi connectivity index (χ1v) is 6.92. The second kappa shape index (κ2) is 6.91. The van der Waals surface area contributed by atoms with Crippen molar-refractivity contribution in [1.29, 1.82) is 0 Å². The van der Waals surface area contributed by atoms with E-state index in [1.165, 1.54) is 12.1 Å². The van der Waals surface area contributed by atoms with Crippen molar-refractivity contribution >= 4 is 10.1 Å². The monoisotopic (exact) mass is 394 g/mol. The van der Waals surface area contributed by atoms with E-state index in [-0.39, 0.29) is 73.8 Å². The molecule has 0 unspecified atom stereocenters. The molecule has 0 radical (unpaired) electrons. The number of hydrogen-bond acceptors (Lipinski definition) is 3. The molecular formula is C14H13CsO3S. The summed E-state index contributed by atoms with van der Waals surface area (Å²) in [7, 11) is -4.37. The molecule has 0 aliphatic heterocycles. The molecule has 0 saturated carbocycles. The standard InChI is InChI=1S/C14H14O3S.Cs/c1-10-3-4-11(2)14(9-10)12-5-7-13(8-6-12)18(15,16)17;/h3-9H,1-2H3,(H,15,16,17);/q;+1/p-1. The topological polar surface area (TPSA) is 57.2 Å². The minimum atomic E-state index is -4.37. The van der Waals surface area contributed by atoms with Gasteiger partial charge in [-0.05, 0) is 42.7 Å². The average Bonchev–Trinajstić information content (AvgIpc) is 2.31. The van der Waals surface area contributed by atoms with Crippen LogP contribution in [0, 0.1) is 13.8 Å². The number of hydrogen-bond donors (Lipinski definition) is 0. The van der Waals surface area contributed by atoms with Gasteiger partial charge in [0, 0.05) is 0 Å². The minimum Gasteiger partial charge on any atom is -0.744 e. The van der Waals surface area contributed by atoms with Crippen LogP contribution >= 0.6 is 0 Å². The third kappa shape index (κ3) is 4.44. The number of benzene rings is 2. The van der Waals surface area contributed by atoms with Crippen LogP contribution in [0.1, 0.15) is 11.1 Å². The van der Waals surface area contributed by atoms with Gasteiger partial charge in [0.15, 0.2) is 0 Å². The van der Waals surface area contributed by atoms with Crippen molar-refractivity contribution in [3.8, 4) is 11.1 Å². The van der Waals surface area contributed by atoms with E-state index in [0.29, 0.717) is 0 Å². The first-order valence-electron chi connectivity index (χ1n) is 5.51. The van der Waals surface area contributed by atoms with Gasteiger partial charge in [-0.3, -0.25) is 0 Å². The minimum absolute atomic E-state index is 0. The second-order valence-corrected chi connectivity index (χ2v) is 5.68. The summed E-state index contributed by atoms with van der Waals surface area (Å²) in [5.41, 5.74) is 4.20. The van der Waals surface area contributed by atoms with Crippen LogP contribution in [0.4, 0.5) is 0 Å². The van der Waals surface area contributed by atoms with E-state index in [2.05, 4.69) is 0 Å². The summed E-state index contributed by atoms with van der Waals surface area (Å²) < 4.78 is 32.5. The Hall–Kier alpha value is 0.402. The Balaban J connectivity index is 0.00000180. The third-order valence-corrected chi connectivity index (χ3v) is 3.70. The molecule has 19 heavy (non-hydrogen) atoms. The predicted octanol–water partition coefficient (Wildman–Crippen LogP) is -0.121. The fourth-order valence-corrected chi connectivity index (χ4v) is 2.32. The first-order chi connectivity index (χ1) is 8.38. The average molecular weight is 394 g/mol. The molecule has 0 amide bonds. The molecule has 0 N–H and O–H groups in total. The molecule has 5 heteroatoms. The normalized spacial score (nSPS) is 10.9. The van der Waals surface area contributed by atoms with Crippen LogP contribution in [0.3, 0.4) is 0 Å². The van der Waals surface area contributed by atoms with Gasteiger partial charge < -0.3 is 4.55 Å². The molecule has 0 saturated heterocycles. The maximum absolute atomic E-state index is 10.8. The van der Waals surface area contributed by atoms with Gasteiger partial charge in [-0.1, -0.05) is 35.9 Å². The Bertz CT molecular complexity index is 676. The molecule has 94 valence electrons. The molecule has 0 aliphatic carbocycles. The molecule has 0 aliphatic rings. The van der Waals surface area contributed by atoms with E-state index in [9.17, 15) is 13.0 Å². The molecule has 2 rings (SSSR count). The summed E-state index contributed by atoms with van der Waals surface area (Å²) in [6.07, 6.45) is 0. The van der Waals surface area contributed by atoms with Gasteiger partial charge >= 0.3 is 68.9 Å². The van der Waals surface area contributed by atoms with Crippen LogP contribution in [0.25, 0.3) is 11.1 Å². The van der Waals surface area contributed by atoms with E-state index in [0.717, 1.165) is 22.3 Å². The Labute approximate surface area is 172 Å². The van der Waals surface area contributed by atoms with Crippen molar-refractivity contribution in [3.63, 3.8) is 0 Å². The van der Waals surface area contributed by atoms with Crippen molar-refractivity contribution < 1.29 is 81.9 Å². The summed E-state index contributed by atoms with van der Waals surface area (Å²) in [4.78, 5) is -0.198. The Morgan fingerprint density at radius 1 is 0.947 bits per heavy atom. The van der Waals surface area contributed by atoms with Gasteiger partial charge in [-0.2, -0.15) is 0 Å². The molecule has 2 aromatic rings. The van der Waals surface area contributed by atoms with Gasteiger partial charge in [-0.25, -0.2) is 8.42 Å². The summed E-state index contributed by atoms with van der Waals surface area (Å²) in [5.74, 6) is 0. The van der Waals surface area contributed by atoms with Crippen LogP contribution in [-0.2, 0) is 10.1 Å². The largest absolute Gasteiger partial charge is 1.00 e. The van der Waals surface area contributed by atoms with Gasteiger partial charge in [0.25, 0.3) is 0 Å².